The van der Waals surface area contributed by atoms with Crippen molar-refractivity contribution in [3.63, 3.8) is 0 Å². The van der Waals surface area contributed by atoms with E-state index in [9.17, 15) is 4.79 Å². The lowest BCUT2D eigenvalue weighted by molar-refractivity contribution is 0.0900. The maximum atomic E-state index is 12.1. The quantitative estimate of drug-likeness (QED) is 0.574. The summed E-state index contributed by atoms with van der Waals surface area (Å²) in [6.07, 6.45) is 5.74. The first kappa shape index (κ1) is 19.3. The molecule has 0 bridgehead atoms. The van der Waals surface area contributed by atoms with Gasteiger partial charge in [0.15, 0.2) is 0 Å². The fourth-order valence-electron chi connectivity index (χ4n) is 4.26. The molecular weight excluding hydrogens is 395 g/mol. The van der Waals surface area contributed by atoms with Gasteiger partial charge in [0.05, 0.1) is 12.3 Å². The van der Waals surface area contributed by atoms with E-state index in [-0.39, 0.29) is 12.0 Å². The highest BCUT2D eigenvalue weighted by Crippen LogP contribution is 2.43. The van der Waals surface area contributed by atoms with Gasteiger partial charge in [-0.05, 0) is 60.6 Å². The number of hydrogen-bond donors (Lipinski definition) is 0. The largest absolute Gasteiger partial charge is 0.450 e. The number of likely N-dealkylation sites (tertiary alicyclic amines) is 1. The molecule has 6 heteroatoms. The second kappa shape index (κ2) is 8.14. The Bertz CT molecular complexity index is 921. The molecule has 1 aliphatic heterocycles. The molecule has 4 rings (SSSR count). The normalized spacial score (nSPS) is 19.0. The molecule has 146 valence electrons. The van der Waals surface area contributed by atoms with E-state index in [4.69, 9.17) is 32.9 Å². The van der Waals surface area contributed by atoms with Crippen LogP contribution in [0, 0.1) is 5.92 Å². The van der Waals surface area contributed by atoms with Crippen molar-refractivity contribution in [2.75, 3.05) is 19.7 Å². The molecule has 0 radical (unpaired) electrons. The number of pyridine rings is 1. The third kappa shape index (κ3) is 3.76. The molecule has 1 amide bonds. The summed E-state index contributed by atoms with van der Waals surface area (Å²) in [5, 5.41) is 1.22. The first-order valence-electron chi connectivity index (χ1n) is 9.62. The number of ether oxygens (including phenoxy) is 1. The van der Waals surface area contributed by atoms with E-state index in [0.29, 0.717) is 30.8 Å². The van der Waals surface area contributed by atoms with Gasteiger partial charge in [-0.15, -0.1) is 0 Å². The van der Waals surface area contributed by atoms with E-state index in [2.05, 4.69) is 18.2 Å². The lowest BCUT2D eigenvalue weighted by Gasteiger charge is -2.36. The van der Waals surface area contributed by atoms with E-state index in [1.54, 1.807) is 4.90 Å². The Morgan fingerprint density at radius 1 is 1.14 bits per heavy atom. The molecule has 0 spiro atoms. The molecule has 4 nitrogen and oxygen atoms in total. The van der Waals surface area contributed by atoms with Gasteiger partial charge < -0.3 is 9.64 Å². The summed E-state index contributed by atoms with van der Waals surface area (Å²) >= 11 is 12.5. The summed E-state index contributed by atoms with van der Waals surface area (Å²) < 4.78 is 5.16. The van der Waals surface area contributed by atoms with Crippen LogP contribution in [0.1, 0.15) is 48.1 Å². The first-order chi connectivity index (χ1) is 13.6. The molecule has 28 heavy (non-hydrogen) atoms. The molecule has 1 unspecified atom stereocenters. The zero-order chi connectivity index (χ0) is 19.7. The average molecular weight is 417 g/mol. The van der Waals surface area contributed by atoms with Crippen molar-refractivity contribution in [3.05, 3.63) is 62.9 Å². The molecule has 2 heterocycles. The molecule has 2 aliphatic rings. The van der Waals surface area contributed by atoms with Gasteiger partial charge in [-0.3, -0.25) is 0 Å². The van der Waals surface area contributed by atoms with Crippen LogP contribution in [-0.2, 0) is 4.74 Å². The van der Waals surface area contributed by atoms with Gasteiger partial charge in [0.25, 0.3) is 0 Å². The molecule has 1 atom stereocenters. The maximum absolute atomic E-state index is 12.1. The molecular formula is C22H22Cl2N2O2. The van der Waals surface area contributed by atoms with Crippen LogP contribution in [-0.4, -0.2) is 35.7 Å². The highest BCUT2D eigenvalue weighted by atomic mass is 35.5. The molecule has 1 aromatic heterocycles. The second-order valence-corrected chi connectivity index (χ2v) is 8.04. The van der Waals surface area contributed by atoms with Gasteiger partial charge >= 0.3 is 6.09 Å². The highest BCUT2D eigenvalue weighted by Gasteiger charge is 2.34. The molecule has 1 fully saturated rings. The summed E-state index contributed by atoms with van der Waals surface area (Å²) in [6.45, 7) is 3.60. The number of nitrogens with zero attached hydrogens (tertiary/aromatic N) is 2. The van der Waals surface area contributed by atoms with Gasteiger partial charge in [-0.1, -0.05) is 47.5 Å². The average Bonchev–Trinajstić information content (AvgIpc) is 2.84. The van der Waals surface area contributed by atoms with Crippen LogP contribution in [0.25, 0.3) is 12.2 Å². The lowest BCUT2D eigenvalue weighted by atomic mass is 9.76. The molecule has 0 N–H and O–H groups in total. The summed E-state index contributed by atoms with van der Waals surface area (Å²) in [5.74, 6) is 0.468. The monoisotopic (exact) mass is 416 g/mol. The van der Waals surface area contributed by atoms with Gasteiger partial charge in [0.1, 0.15) is 5.15 Å². The minimum atomic E-state index is -0.225. The standard InChI is InChI=1S/C22H22Cl2N2O2/c1-2-28-22(27)26-11-9-14(10-12-26)20-18-7-6-17(23)13-16(18)4-3-15-5-8-19(24)25-21(15)20/h3-8,13-14,20H,2,9-12H2,1H3. The van der Waals surface area contributed by atoms with Crippen molar-refractivity contribution in [2.45, 2.75) is 25.7 Å². The van der Waals surface area contributed by atoms with E-state index in [0.717, 1.165) is 34.7 Å². The Hall–Kier alpha value is -2.04. The number of amides is 1. The summed E-state index contributed by atoms with van der Waals surface area (Å²) in [5.41, 5.74) is 4.40. The van der Waals surface area contributed by atoms with Crippen LogP contribution in [0.2, 0.25) is 10.2 Å². The third-order valence-electron chi connectivity index (χ3n) is 5.58. The summed E-state index contributed by atoms with van der Waals surface area (Å²) in [6, 6.07) is 9.89. The fourth-order valence-corrected chi connectivity index (χ4v) is 4.59. The zero-order valence-corrected chi connectivity index (χ0v) is 17.2. The predicted molar refractivity (Wildman–Crippen MR) is 113 cm³/mol. The van der Waals surface area contributed by atoms with Crippen molar-refractivity contribution in [2.24, 2.45) is 5.92 Å². The minimum absolute atomic E-state index is 0.111. The smallest absolute Gasteiger partial charge is 0.409 e. The van der Waals surface area contributed by atoms with E-state index in [1.807, 2.05) is 31.2 Å². The second-order valence-electron chi connectivity index (χ2n) is 7.22. The van der Waals surface area contributed by atoms with Gasteiger partial charge in [-0.2, -0.15) is 0 Å². The third-order valence-corrected chi connectivity index (χ3v) is 6.03. The SMILES string of the molecule is CCOC(=O)N1CCC(C2c3ccc(Cl)cc3C=Cc3ccc(Cl)nc32)CC1. The zero-order valence-electron chi connectivity index (χ0n) is 15.7. The van der Waals surface area contributed by atoms with E-state index >= 15 is 0 Å². The van der Waals surface area contributed by atoms with Crippen LogP contribution >= 0.6 is 23.2 Å². The van der Waals surface area contributed by atoms with Gasteiger partial charge in [0, 0.05) is 24.0 Å². The van der Waals surface area contributed by atoms with Crippen LogP contribution in [0.5, 0.6) is 0 Å². The first-order valence-corrected chi connectivity index (χ1v) is 10.4. The number of benzene rings is 1. The predicted octanol–water partition coefficient (Wildman–Crippen LogP) is 5.87. The van der Waals surface area contributed by atoms with E-state index in [1.165, 1.54) is 5.56 Å². The molecule has 1 aromatic carbocycles. The van der Waals surface area contributed by atoms with E-state index < -0.39 is 0 Å². The van der Waals surface area contributed by atoms with Crippen LogP contribution in [0.15, 0.2) is 30.3 Å². The topological polar surface area (TPSA) is 42.4 Å². The number of rotatable bonds is 2. The Balaban J connectivity index is 1.69. The lowest BCUT2D eigenvalue weighted by Crippen LogP contribution is -2.40. The van der Waals surface area contributed by atoms with Crippen LogP contribution < -0.4 is 0 Å². The number of halogens is 2. The van der Waals surface area contributed by atoms with Crippen molar-refractivity contribution >= 4 is 41.4 Å². The number of carbonyl (C=O) groups excluding carboxylic acids is 1. The molecule has 2 aromatic rings. The molecule has 1 aliphatic carbocycles. The number of piperidine rings is 1. The van der Waals surface area contributed by atoms with Crippen LogP contribution in [0.4, 0.5) is 4.79 Å². The number of fused-ring (bicyclic) bond motifs is 2. The Labute approximate surface area is 175 Å². The summed E-state index contributed by atoms with van der Waals surface area (Å²) in [7, 11) is 0. The maximum Gasteiger partial charge on any atom is 0.409 e. The Morgan fingerprint density at radius 3 is 2.64 bits per heavy atom. The number of hydrogen-bond acceptors (Lipinski definition) is 3. The van der Waals surface area contributed by atoms with Crippen molar-refractivity contribution in [1.29, 1.82) is 0 Å². The fraction of sp³-hybridized carbons (Fsp3) is 0.364. The summed E-state index contributed by atoms with van der Waals surface area (Å²) in [4.78, 5) is 18.6. The van der Waals surface area contributed by atoms with Gasteiger partial charge in [0.2, 0.25) is 0 Å². The van der Waals surface area contributed by atoms with Gasteiger partial charge in [-0.25, -0.2) is 9.78 Å². The minimum Gasteiger partial charge on any atom is -0.450 e. The number of aromatic nitrogens is 1. The number of carbonyl (C=O) groups is 1. The van der Waals surface area contributed by atoms with Crippen molar-refractivity contribution < 1.29 is 9.53 Å². The Morgan fingerprint density at radius 2 is 1.89 bits per heavy atom. The van der Waals surface area contributed by atoms with Crippen molar-refractivity contribution in [1.82, 2.24) is 9.88 Å². The van der Waals surface area contributed by atoms with Crippen molar-refractivity contribution in [3.8, 4) is 0 Å². The Kier molecular flexibility index (Phi) is 5.61. The highest BCUT2D eigenvalue weighted by molar-refractivity contribution is 6.30. The molecule has 1 saturated heterocycles. The molecule has 0 saturated carbocycles. The van der Waals surface area contributed by atoms with Crippen LogP contribution in [0.3, 0.4) is 0 Å².